The number of fused-ring (bicyclic) bond motifs is 1. The number of esters is 1. The SMILES string of the molecule is CCCCc1cc2c(cc1C(C)=Cc1ccc(C(=O)OC)cc1)C(C)(C)CCC2(C)C. The lowest BCUT2D eigenvalue weighted by Crippen LogP contribution is -2.34. The second kappa shape index (κ2) is 9.02. The van der Waals surface area contributed by atoms with Crippen molar-refractivity contribution in [3.05, 3.63) is 69.8 Å². The van der Waals surface area contributed by atoms with Gasteiger partial charge in [-0.3, -0.25) is 0 Å². The van der Waals surface area contributed by atoms with Crippen molar-refractivity contribution in [1.82, 2.24) is 0 Å². The number of aryl methyl sites for hydroxylation is 1. The van der Waals surface area contributed by atoms with E-state index in [2.05, 4.69) is 59.8 Å². The van der Waals surface area contributed by atoms with Crippen LogP contribution in [-0.2, 0) is 22.0 Å². The molecule has 0 spiro atoms. The molecule has 166 valence electrons. The summed E-state index contributed by atoms with van der Waals surface area (Å²) in [6.07, 6.45) is 8.21. The van der Waals surface area contributed by atoms with Crippen molar-refractivity contribution in [2.24, 2.45) is 0 Å². The summed E-state index contributed by atoms with van der Waals surface area (Å²) in [5.41, 5.74) is 9.27. The van der Waals surface area contributed by atoms with Crippen LogP contribution < -0.4 is 0 Å². The fourth-order valence-electron chi connectivity index (χ4n) is 4.76. The molecule has 2 nitrogen and oxygen atoms in total. The van der Waals surface area contributed by atoms with Crippen LogP contribution in [0.1, 0.15) is 105 Å². The van der Waals surface area contributed by atoms with E-state index in [0.717, 1.165) is 12.0 Å². The average molecular weight is 419 g/mol. The van der Waals surface area contributed by atoms with Crippen molar-refractivity contribution in [3.8, 4) is 0 Å². The Morgan fingerprint density at radius 3 is 2.13 bits per heavy atom. The van der Waals surface area contributed by atoms with Crippen LogP contribution in [0.3, 0.4) is 0 Å². The fraction of sp³-hybridized carbons (Fsp3) is 0.483. The first-order chi connectivity index (χ1) is 14.6. The summed E-state index contributed by atoms with van der Waals surface area (Å²) in [5, 5.41) is 0. The normalized spacial score (nSPS) is 17.2. The molecule has 0 radical (unpaired) electrons. The molecule has 0 aliphatic heterocycles. The van der Waals surface area contributed by atoms with E-state index in [9.17, 15) is 4.79 Å². The predicted molar refractivity (Wildman–Crippen MR) is 132 cm³/mol. The molecule has 2 aromatic carbocycles. The third-order valence-electron chi connectivity index (χ3n) is 7.02. The largest absolute Gasteiger partial charge is 0.465 e. The zero-order chi connectivity index (χ0) is 22.8. The van der Waals surface area contributed by atoms with Gasteiger partial charge in [0.1, 0.15) is 0 Å². The Morgan fingerprint density at radius 2 is 1.58 bits per heavy atom. The smallest absolute Gasteiger partial charge is 0.337 e. The van der Waals surface area contributed by atoms with E-state index >= 15 is 0 Å². The van der Waals surface area contributed by atoms with Crippen LogP contribution in [0.15, 0.2) is 36.4 Å². The molecule has 1 aliphatic rings. The molecular weight excluding hydrogens is 380 g/mol. The Morgan fingerprint density at radius 1 is 1.00 bits per heavy atom. The van der Waals surface area contributed by atoms with Crippen LogP contribution in [0.25, 0.3) is 11.6 Å². The molecule has 31 heavy (non-hydrogen) atoms. The fourth-order valence-corrected chi connectivity index (χ4v) is 4.76. The second-order valence-electron chi connectivity index (χ2n) is 10.4. The van der Waals surface area contributed by atoms with Crippen LogP contribution >= 0.6 is 0 Å². The van der Waals surface area contributed by atoms with Gasteiger partial charge < -0.3 is 4.74 Å². The van der Waals surface area contributed by atoms with Gasteiger partial charge in [-0.15, -0.1) is 0 Å². The van der Waals surface area contributed by atoms with Gasteiger partial charge in [0, 0.05) is 0 Å². The summed E-state index contributed by atoms with van der Waals surface area (Å²) in [5.74, 6) is -0.298. The predicted octanol–water partition coefficient (Wildman–Crippen LogP) is 7.73. The monoisotopic (exact) mass is 418 g/mol. The van der Waals surface area contributed by atoms with Crippen molar-refractivity contribution in [2.75, 3.05) is 7.11 Å². The van der Waals surface area contributed by atoms with E-state index in [1.807, 2.05) is 24.3 Å². The molecule has 0 amide bonds. The maximum absolute atomic E-state index is 11.7. The van der Waals surface area contributed by atoms with Gasteiger partial charge in [-0.25, -0.2) is 4.79 Å². The third kappa shape index (κ3) is 4.95. The molecule has 0 N–H and O–H groups in total. The van der Waals surface area contributed by atoms with Crippen molar-refractivity contribution >= 4 is 17.6 Å². The molecule has 2 aromatic rings. The van der Waals surface area contributed by atoms with E-state index in [0.29, 0.717) is 5.56 Å². The summed E-state index contributed by atoms with van der Waals surface area (Å²) in [6, 6.07) is 12.7. The third-order valence-corrected chi connectivity index (χ3v) is 7.02. The standard InChI is InChI=1S/C29H38O2/c1-8-9-10-23-18-25-26(29(5,6)16-15-28(25,3)4)19-24(23)20(2)17-21-11-13-22(14-12-21)27(30)31-7/h11-14,17-19H,8-10,15-16H2,1-7H3. The Labute approximate surface area is 188 Å². The number of unbranched alkanes of at least 4 members (excludes halogenated alkanes) is 1. The molecule has 0 fully saturated rings. The number of carbonyl (C=O) groups excluding carboxylic acids is 1. The highest BCUT2D eigenvalue weighted by atomic mass is 16.5. The Hall–Kier alpha value is -2.35. The number of hydrogen-bond acceptors (Lipinski definition) is 2. The molecular formula is C29H38O2. The van der Waals surface area contributed by atoms with Gasteiger partial charge in [0.05, 0.1) is 12.7 Å². The summed E-state index contributed by atoms with van der Waals surface area (Å²) in [4.78, 5) is 11.7. The van der Waals surface area contributed by atoms with Gasteiger partial charge in [-0.2, -0.15) is 0 Å². The lowest BCUT2D eigenvalue weighted by atomic mass is 9.62. The van der Waals surface area contributed by atoms with E-state index in [1.165, 1.54) is 60.6 Å². The molecule has 2 heteroatoms. The van der Waals surface area contributed by atoms with E-state index in [1.54, 1.807) is 0 Å². The van der Waals surface area contributed by atoms with Crippen LogP contribution in [0.5, 0.6) is 0 Å². The first kappa shape index (κ1) is 23.3. The summed E-state index contributed by atoms with van der Waals surface area (Å²) in [6.45, 7) is 14.1. The molecule has 0 atom stereocenters. The van der Waals surface area contributed by atoms with Crippen molar-refractivity contribution < 1.29 is 9.53 Å². The van der Waals surface area contributed by atoms with Crippen molar-refractivity contribution in [1.29, 1.82) is 0 Å². The van der Waals surface area contributed by atoms with Gasteiger partial charge in [-0.1, -0.05) is 71.4 Å². The molecule has 3 rings (SSSR count). The Balaban J connectivity index is 2.08. The summed E-state index contributed by atoms with van der Waals surface area (Å²) in [7, 11) is 1.41. The molecule has 0 aromatic heterocycles. The van der Waals surface area contributed by atoms with Gasteiger partial charge in [0.25, 0.3) is 0 Å². The number of hydrogen-bond donors (Lipinski definition) is 0. The molecule has 0 heterocycles. The Bertz CT molecular complexity index is 975. The molecule has 0 bridgehead atoms. The summed E-state index contributed by atoms with van der Waals surface area (Å²) >= 11 is 0. The lowest BCUT2D eigenvalue weighted by molar-refractivity contribution is 0.0600. The van der Waals surface area contributed by atoms with E-state index in [-0.39, 0.29) is 16.8 Å². The van der Waals surface area contributed by atoms with Crippen LogP contribution in [0.4, 0.5) is 0 Å². The number of benzene rings is 2. The van der Waals surface area contributed by atoms with Gasteiger partial charge >= 0.3 is 5.97 Å². The molecule has 0 unspecified atom stereocenters. The zero-order valence-electron chi connectivity index (χ0n) is 20.4. The summed E-state index contributed by atoms with van der Waals surface area (Å²) < 4.78 is 4.81. The zero-order valence-corrected chi connectivity index (χ0v) is 20.4. The quantitative estimate of drug-likeness (QED) is 0.354. The number of carbonyl (C=O) groups is 1. The minimum Gasteiger partial charge on any atom is -0.465 e. The highest BCUT2D eigenvalue weighted by Gasteiger charge is 2.37. The van der Waals surface area contributed by atoms with Gasteiger partial charge in [0.2, 0.25) is 0 Å². The van der Waals surface area contributed by atoms with Crippen LogP contribution in [-0.4, -0.2) is 13.1 Å². The highest BCUT2D eigenvalue weighted by Crippen LogP contribution is 2.47. The minimum absolute atomic E-state index is 0.200. The minimum atomic E-state index is -0.298. The number of ether oxygens (including phenoxy) is 1. The molecule has 0 saturated carbocycles. The van der Waals surface area contributed by atoms with Crippen LogP contribution in [0.2, 0.25) is 0 Å². The van der Waals surface area contributed by atoms with Crippen molar-refractivity contribution in [3.63, 3.8) is 0 Å². The average Bonchev–Trinajstić information content (AvgIpc) is 2.75. The number of methoxy groups -OCH3 is 1. The molecule has 0 saturated heterocycles. The maximum atomic E-state index is 11.7. The number of rotatable bonds is 6. The van der Waals surface area contributed by atoms with Gasteiger partial charge in [0.15, 0.2) is 0 Å². The lowest BCUT2D eigenvalue weighted by Gasteiger charge is -2.42. The second-order valence-corrected chi connectivity index (χ2v) is 10.4. The van der Waals surface area contributed by atoms with E-state index < -0.39 is 0 Å². The first-order valence-corrected chi connectivity index (χ1v) is 11.6. The Kier molecular flexibility index (Phi) is 6.79. The highest BCUT2D eigenvalue weighted by molar-refractivity contribution is 5.90. The topological polar surface area (TPSA) is 26.3 Å². The molecule has 1 aliphatic carbocycles. The van der Waals surface area contributed by atoms with Crippen molar-refractivity contribution in [2.45, 2.75) is 84.5 Å². The maximum Gasteiger partial charge on any atom is 0.337 e. The first-order valence-electron chi connectivity index (χ1n) is 11.6. The number of allylic oxidation sites excluding steroid dienone is 1. The van der Waals surface area contributed by atoms with E-state index in [4.69, 9.17) is 4.74 Å². The van der Waals surface area contributed by atoms with Gasteiger partial charge in [-0.05, 0) is 89.0 Å². The van der Waals surface area contributed by atoms with Crippen LogP contribution in [0, 0.1) is 0 Å².